The van der Waals surface area contributed by atoms with Crippen LogP contribution in [0.1, 0.15) is 52.4 Å². The van der Waals surface area contributed by atoms with Crippen molar-refractivity contribution in [3.63, 3.8) is 0 Å². The average Bonchev–Trinajstić information content (AvgIpc) is 2.98. The molecule has 0 aromatic heterocycles. The molecule has 9 unspecified atom stereocenters. The summed E-state index contributed by atoms with van der Waals surface area (Å²) in [4.78, 5) is 11.6. The molecule has 19 atom stereocenters. The first kappa shape index (κ1) is 35.2. The van der Waals surface area contributed by atoms with Crippen LogP contribution >= 0.6 is 0 Å². The van der Waals surface area contributed by atoms with E-state index < -0.39 is 111 Å². The van der Waals surface area contributed by atoms with E-state index in [1.165, 1.54) is 6.92 Å². The molecule has 0 radical (unpaired) electrons. The Balaban J connectivity index is 1.30. The molecule has 10 N–H and O–H groups in total. The molecule has 0 spiro atoms. The van der Waals surface area contributed by atoms with E-state index in [1.54, 1.807) is 0 Å². The van der Waals surface area contributed by atoms with Crippen LogP contribution in [0.5, 0.6) is 0 Å². The van der Waals surface area contributed by atoms with Gasteiger partial charge in [-0.05, 0) is 32.6 Å². The summed E-state index contributed by atoms with van der Waals surface area (Å²) in [5.74, 6) is -1.33. The fourth-order valence-electron chi connectivity index (χ4n) is 7.49. The number of aliphatic hydroxyl groups is 11. The molecule has 0 aromatic rings. The topological polar surface area (TPSA) is 258 Å². The summed E-state index contributed by atoms with van der Waals surface area (Å²) in [6, 6.07) is 0. The van der Waals surface area contributed by atoms with Crippen molar-refractivity contribution >= 4 is 5.97 Å². The van der Waals surface area contributed by atoms with Gasteiger partial charge in [0.2, 0.25) is 0 Å². The van der Waals surface area contributed by atoms with Crippen LogP contribution in [0.15, 0.2) is 0 Å². The molecule has 0 aromatic carbocycles. The predicted molar refractivity (Wildman–Crippen MR) is 148 cm³/mol. The Hall–Kier alpha value is -1.09. The second-order valence-corrected chi connectivity index (χ2v) is 13.3. The largest absolute Gasteiger partial charge is 0.454 e. The summed E-state index contributed by atoms with van der Waals surface area (Å²) in [6.45, 7) is 2.13. The number of fused-ring (bicyclic) bond motifs is 1. The molecule has 0 amide bonds. The van der Waals surface area contributed by atoms with E-state index in [0.717, 1.165) is 6.92 Å². The normalized spacial score (nSPS) is 52.6. The molecular formula is C29H49O16+. The van der Waals surface area contributed by atoms with Crippen LogP contribution in [0, 0.1) is 11.8 Å². The SMILES string of the molecule is CC(=O)O[C@H]1[C@H](OC[C@H]2O[C@@H](OC3CC4C(O)CC(O)CC4[OH+]C3C3CCC(O)C(O)C3)[C@H](O)[C@@H](O)[C@@H]2O)O[C@@H](C)[C@H](O)[C@H]1O. The molecule has 45 heavy (non-hydrogen) atoms. The third-order valence-corrected chi connectivity index (χ3v) is 10.1. The van der Waals surface area contributed by atoms with Crippen molar-refractivity contribution in [2.45, 2.75) is 157 Å². The molecule has 3 aliphatic heterocycles. The lowest BCUT2D eigenvalue weighted by atomic mass is 9.72. The first-order valence-corrected chi connectivity index (χ1v) is 15.8. The number of carbonyl (C=O) groups is 1. The summed E-state index contributed by atoms with van der Waals surface area (Å²) in [7, 11) is 0. The van der Waals surface area contributed by atoms with Gasteiger partial charge in [0.15, 0.2) is 30.9 Å². The van der Waals surface area contributed by atoms with Gasteiger partial charge in [-0.2, -0.15) is 0 Å². The van der Waals surface area contributed by atoms with Gasteiger partial charge in [-0.1, -0.05) is 0 Å². The van der Waals surface area contributed by atoms with Crippen molar-refractivity contribution in [3.8, 4) is 0 Å². The minimum absolute atomic E-state index is 0.178. The first-order valence-electron chi connectivity index (χ1n) is 15.8. The third-order valence-electron chi connectivity index (χ3n) is 10.1. The van der Waals surface area contributed by atoms with Gasteiger partial charge < -0.3 is 74.4 Å². The molecule has 5 fully saturated rings. The summed E-state index contributed by atoms with van der Waals surface area (Å²) in [5, 5.41) is 94.5. The number of hydrogen-bond acceptors (Lipinski definition) is 15. The Morgan fingerprint density at radius 3 is 2.20 bits per heavy atom. The molecule has 2 aliphatic carbocycles. The summed E-state index contributed by atoms with van der Waals surface area (Å²) < 4.78 is 33.5. The van der Waals surface area contributed by atoms with Crippen LogP contribution in [-0.2, 0) is 28.5 Å². The predicted octanol–water partition coefficient (Wildman–Crippen LogP) is -4.08. The lowest BCUT2D eigenvalue weighted by Gasteiger charge is -2.48. The molecule has 0 bridgehead atoms. The lowest BCUT2D eigenvalue weighted by molar-refractivity contribution is -0.362. The number of aliphatic hydroxyl groups excluding tert-OH is 9. The number of hydrogen-bond donors (Lipinski definition) is 9. The molecule has 260 valence electrons. The number of rotatable bonds is 7. The second-order valence-electron chi connectivity index (χ2n) is 13.3. The maximum Gasteiger partial charge on any atom is 0.303 e. The summed E-state index contributed by atoms with van der Waals surface area (Å²) >= 11 is 0. The van der Waals surface area contributed by atoms with Crippen molar-refractivity contribution in [1.82, 2.24) is 0 Å². The Morgan fingerprint density at radius 1 is 0.778 bits per heavy atom. The van der Waals surface area contributed by atoms with Crippen LogP contribution in [0.4, 0.5) is 0 Å². The standard InChI is InChI=1S/C29H48O16/c1-10-21(35)24(38)27(42-11(2)30)29(41-10)40-9-20-22(36)23(37)25(39)28(45-20)44-19-8-14-16(33)6-13(31)7-18(14)43-26(19)12-3-4-15(32)17(34)5-12/h10,12-29,31-39H,3-9H2,1-2H3/p+1/t10-,12?,13?,14?,15?,16?,17?,18?,19?,20+,21-,22+,23-,24+,25+,26?,27+,28+,29+/m0/s1. The minimum atomic E-state index is -1.73. The molecule has 3 saturated heterocycles. The minimum Gasteiger partial charge on any atom is -0.454 e. The molecule has 5 rings (SSSR count). The van der Waals surface area contributed by atoms with Crippen LogP contribution in [0.3, 0.4) is 0 Å². The van der Waals surface area contributed by atoms with Crippen molar-refractivity contribution in [3.05, 3.63) is 0 Å². The van der Waals surface area contributed by atoms with Crippen LogP contribution in [-0.4, -0.2) is 167 Å². The molecule has 2 saturated carbocycles. The average molecular weight is 654 g/mol. The molecular weight excluding hydrogens is 604 g/mol. The van der Waals surface area contributed by atoms with Crippen LogP contribution in [0.2, 0.25) is 0 Å². The second kappa shape index (κ2) is 14.6. The van der Waals surface area contributed by atoms with Gasteiger partial charge in [0, 0.05) is 25.7 Å². The third kappa shape index (κ3) is 7.65. The zero-order chi connectivity index (χ0) is 32.7. The highest BCUT2D eigenvalue weighted by Gasteiger charge is 2.55. The van der Waals surface area contributed by atoms with Gasteiger partial charge in [-0.25, -0.2) is 0 Å². The quantitative estimate of drug-likeness (QED) is 0.0935. The van der Waals surface area contributed by atoms with Gasteiger partial charge in [0.25, 0.3) is 0 Å². The van der Waals surface area contributed by atoms with E-state index in [1.807, 2.05) is 0 Å². The first-order chi connectivity index (χ1) is 21.2. The molecule has 3 heterocycles. The van der Waals surface area contributed by atoms with E-state index in [-0.39, 0.29) is 37.2 Å². The number of carbonyl (C=O) groups excluding carboxylic acids is 1. The summed E-state index contributed by atoms with van der Waals surface area (Å²) in [6.07, 6.45) is -17.5. The van der Waals surface area contributed by atoms with Crippen LogP contribution in [0.25, 0.3) is 0 Å². The number of esters is 1. The highest BCUT2D eigenvalue weighted by Crippen LogP contribution is 2.42. The van der Waals surface area contributed by atoms with Crippen molar-refractivity contribution in [1.29, 1.82) is 0 Å². The Labute approximate surface area is 260 Å². The smallest absolute Gasteiger partial charge is 0.303 e. The molecule has 5 aliphatic rings. The van der Waals surface area contributed by atoms with Crippen LogP contribution < -0.4 is 0 Å². The van der Waals surface area contributed by atoms with Gasteiger partial charge >= 0.3 is 5.97 Å². The van der Waals surface area contributed by atoms with E-state index in [0.29, 0.717) is 19.3 Å². The van der Waals surface area contributed by atoms with Crippen molar-refractivity contribution < 1.29 is 79.2 Å². The Kier molecular flexibility index (Phi) is 11.4. The van der Waals surface area contributed by atoms with E-state index in [2.05, 4.69) is 0 Å². The monoisotopic (exact) mass is 653 g/mol. The Morgan fingerprint density at radius 2 is 1.51 bits per heavy atom. The fraction of sp³-hybridized carbons (Fsp3) is 0.966. The zero-order valence-electron chi connectivity index (χ0n) is 25.3. The number of ether oxygens (including phenoxy) is 6. The fourth-order valence-corrected chi connectivity index (χ4v) is 7.49. The summed E-state index contributed by atoms with van der Waals surface area (Å²) in [5.41, 5.74) is 0. The van der Waals surface area contributed by atoms with Gasteiger partial charge in [0.1, 0.15) is 42.7 Å². The van der Waals surface area contributed by atoms with E-state index in [9.17, 15) is 50.8 Å². The maximum atomic E-state index is 11.6. The Bertz CT molecular complexity index is 988. The highest BCUT2D eigenvalue weighted by molar-refractivity contribution is 5.66. The van der Waals surface area contributed by atoms with Gasteiger partial charge in [0.05, 0.1) is 43.0 Å². The van der Waals surface area contributed by atoms with Gasteiger partial charge in [-0.15, -0.1) is 0 Å². The molecule has 16 nitrogen and oxygen atoms in total. The van der Waals surface area contributed by atoms with Crippen molar-refractivity contribution in [2.24, 2.45) is 11.8 Å². The van der Waals surface area contributed by atoms with Crippen molar-refractivity contribution in [2.75, 3.05) is 6.61 Å². The van der Waals surface area contributed by atoms with Gasteiger partial charge in [-0.3, -0.25) is 4.79 Å². The highest BCUT2D eigenvalue weighted by atomic mass is 16.7. The zero-order valence-corrected chi connectivity index (χ0v) is 25.3. The van der Waals surface area contributed by atoms with E-state index in [4.69, 9.17) is 28.4 Å². The molecule has 16 heteroatoms. The lowest BCUT2D eigenvalue weighted by Crippen LogP contribution is -2.63. The maximum absolute atomic E-state index is 11.6. The van der Waals surface area contributed by atoms with E-state index >= 15 is 0 Å².